The Bertz CT molecular complexity index is 382. The van der Waals surface area contributed by atoms with Gasteiger partial charge in [0.05, 0.1) is 14.2 Å². The second-order valence-corrected chi connectivity index (χ2v) is 4.17. The van der Waals surface area contributed by atoms with E-state index in [1.807, 2.05) is 13.8 Å². The summed E-state index contributed by atoms with van der Waals surface area (Å²) in [7, 11) is 3.15. The molecule has 4 nitrogen and oxygen atoms in total. The van der Waals surface area contributed by atoms with Crippen molar-refractivity contribution in [3.63, 3.8) is 0 Å². The van der Waals surface area contributed by atoms with E-state index >= 15 is 0 Å². The van der Waals surface area contributed by atoms with Crippen molar-refractivity contribution in [1.82, 2.24) is 5.32 Å². The Labute approximate surface area is 108 Å². The molecular formula is C14H21NO3. The largest absolute Gasteiger partial charge is 0.497 e. The number of nitrogens with one attached hydrogen (secondary N) is 1. The number of rotatable bonds is 7. The van der Waals surface area contributed by atoms with Crippen LogP contribution in [0.1, 0.15) is 24.2 Å². The third-order valence-corrected chi connectivity index (χ3v) is 2.78. The predicted octanol–water partition coefficient (Wildman–Crippen LogP) is 2.13. The van der Waals surface area contributed by atoms with E-state index in [9.17, 15) is 4.79 Å². The van der Waals surface area contributed by atoms with Gasteiger partial charge < -0.3 is 14.8 Å². The molecule has 1 N–H and O–H groups in total. The lowest BCUT2D eigenvalue weighted by Gasteiger charge is -2.12. The highest BCUT2D eigenvalue weighted by Gasteiger charge is 2.16. The van der Waals surface area contributed by atoms with Crippen LogP contribution in [0.25, 0.3) is 0 Å². The minimum atomic E-state index is -0.0678. The Morgan fingerprint density at radius 2 is 1.78 bits per heavy atom. The predicted molar refractivity (Wildman–Crippen MR) is 71.6 cm³/mol. The summed E-state index contributed by atoms with van der Waals surface area (Å²) in [5.41, 5.74) is 0.622. The molecule has 0 heterocycles. The van der Waals surface area contributed by atoms with Crippen LogP contribution >= 0.6 is 0 Å². The average molecular weight is 251 g/mol. The van der Waals surface area contributed by atoms with Gasteiger partial charge in [0.15, 0.2) is 5.78 Å². The van der Waals surface area contributed by atoms with Gasteiger partial charge in [-0.1, -0.05) is 13.8 Å². The number of methoxy groups -OCH3 is 2. The summed E-state index contributed by atoms with van der Waals surface area (Å²) in [6.07, 6.45) is 0. The minimum Gasteiger partial charge on any atom is -0.497 e. The SMILES string of the molecule is CCNCC(C)C(=O)c1cc(OC)cc(OC)c1. The quantitative estimate of drug-likeness (QED) is 0.754. The van der Waals surface area contributed by atoms with Crippen LogP contribution in [0.4, 0.5) is 0 Å². The zero-order chi connectivity index (χ0) is 13.5. The number of hydrogen-bond donors (Lipinski definition) is 1. The molecule has 1 atom stereocenters. The molecule has 1 unspecified atom stereocenters. The summed E-state index contributed by atoms with van der Waals surface area (Å²) < 4.78 is 10.3. The Kier molecular flexibility index (Phi) is 5.65. The van der Waals surface area contributed by atoms with E-state index in [0.29, 0.717) is 23.6 Å². The van der Waals surface area contributed by atoms with E-state index in [1.54, 1.807) is 32.4 Å². The molecule has 0 aliphatic rings. The van der Waals surface area contributed by atoms with Gasteiger partial charge in [-0.05, 0) is 18.7 Å². The Hall–Kier alpha value is -1.55. The molecular weight excluding hydrogens is 230 g/mol. The Balaban J connectivity index is 2.90. The molecule has 18 heavy (non-hydrogen) atoms. The van der Waals surface area contributed by atoms with Crippen LogP contribution in [0.2, 0.25) is 0 Å². The van der Waals surface area contributed by atoms with Crippen LogP contribution < -0.4 is 14.8 Å². The maximum Gasteiger partial charge on any atom is 0.167 e. The molecule has 4 heteroatoms. The summed E-state index contributed by atoms with van der Waals surface area (Å²) in [6, 6.07) is 5.24. The molecule has 0 bridgehead atoms. The number of benzene rings is 1. The van der Waals surface area contributed by atoms with Crippen LogP contribution in [0.15, 0.2) is 18.2 Å². The van der Waals surface area contributed by atoms with Crippen molar-refractivity contribution in [1.29, 1.82) is 0 Å². The van der Waals surface area contributed by atoms with Crippen molar-refractivity contribution in [2.45, 2.75) is 13.8 Å². The minimum absolute atomic E-state index is 0.0678. The van der Waals surface area contributed by atoms with E-state index in [1.165, 1.54) is 0 Å². The monoisotopic (exact) mass is 251 g/mol. The normalized spacial score (nSPS) is 12.0. The van der Waals surface area contributed by atoms with E-state index < -0.39 is 0 Å². The van der Waals surface area contributed by atoms with Crippen LogP contribution in [0, 0.1) is 5.92 Å². The molecule has 0 amide bonds. The molecule has 100 valence electrons. The fraction of sp³-hybridized carbons (Fsp3) is 0.500. The van der Waals surface area contributed by atoms with Crippen molar-refractivity contribution in [3.05, 3.63) is 23.8 Å². The zero-order valence-corrected chi connectivity index (χ0v) is 11.4. The second kappa shape index (κ2) is 7.01. The maximum absolute atomic E-state index is 12.2. The van der Waals surface area contributed by atoms with Gasteiger partial charge >= 0.3 is 0 Å². The first-order valence-electron chi connectivity index (χ1n) is 6.10. The van der Waals surface area contributed by atoms with Gasteiger partial charge in [0.1, 0.15) is 11.5 Å². The first-order chi connectivity index (χ1) is 8.62. The molecule has 0 saturated heterocycles. The van der Waals surface area contributed by atoms with Crippen molar-refractivity contribution in [2.24, 2.45) is 5.92 Å². The molecule has 1 aromatic carbocycles. The topological polar surface area (TPSA) is 47.6 Å². The number of Topliss-reactive ketones (excluding diaryl/α,β-unsaturated/α-hetero) is 1. The van der Waals surface area contributed by atoms with Crippen LogP contribution in [-0.4, -0.2) is 33.1 Å². The molecule has 0 aliphatic heterocycles. The maximum atomic E-state index is 12.2. The lowest BCUT2D eigenvalue weighted by atomic mass is 9.99. The summed E-state index contributed by atoms with van der Waals surface area (Å²) in [5, 5.41) is 3.17. The summed E-state index contributed by atoms with van der Waals surface area (Å²) >= 11 is 0. The van der Waals surface area contributed by atoms with Gasteiger partial charge in [-0.3, -0.25) is 4.79 Å². The van der Waals surface area contributed by atoms with Gasteiger partial charge in [-0.25, -0.2) is 0 Å². The lowest BCUT2D eigenvalue weighted by molar-refractivity contribution is 0.0928. The van der Waals surface area contributed by atoms with Gasteiger partial charge in [0.25, 0.3) is 0 Å². The van der Waals surface area contributed by atoms with Crippen LogP contribution in [0.5, 0.6) is 11.5 Å². The fourth-order valence-corrected chi connectivity index (χ4v) is 1.69. The summed E-state index contributed by atoms with van der Waals surface area (Å²) in [4.78, 5) is 12.2. The fourth-order valence-electron chi connectivity index (χ4n) is 1.69. The highest BCUT2D eigenvalue weighted by atomic mass is 16.5. The molecule has 0 saturated carbocycles. The first kappa shape index (κ1) is 14.5. The molecule has 1 rings (SSSR count). The molecule has 0 spiro atoms. The summed E-state index contributed by atoms with van der Waals surface area (Å²) in [5.74, 6) is 1.29. The smallest absolute Gasteiger partial charge is 0.167 e. The second-order valence-electron chi connectivity index (χ2n) is 4.17. The van der Waals surface area contributed by atoms with Crippen molar-refractivity contribution >= 4 is 5.78 Å². The van der Waals surface area contributed by atoms with Gasteiger partial charge in [-0.15, -0.1) is 0 Å². The highest BCUT2D eigenvalue weighted by molar-refractivity contribution is 5.98. The Morgan fingerprint density at radius 3 is 2.22 bits per heavy atom. The number of ketones is 1. The third-order valence-electron chi connectivity index (χ3n) is 2.78. The number of ether oxygens (including phenoxy) is 2. The van der Waals surface area contributed by atoms with Gasteiger partial charge in [0.2, 0.25) is 0 Å². The van der Waals surface area contributed by atoms with Crippen molar-refractivity contribution < 1.29 is 14.3 Å². The standard InChI is InChI=1S/C14H21NO3/c1-5-15-9-10(2)14(16)11-6-12(17-3)8-13(7-11)18-4/h6-8,10,15H,5,9H2,1-4H3. The van der Waals surface area contributed by atoms with Gasteiger partial charge in [0, 0.05) is 24.1 Å². The van der Waals surface area contributed by atoms with Gasteiger partial charge in [-0.2, -0.15) is 0 Å². The highest BCUT2D eigenvalue weighted by Crippen LogP contribution is 2.24. The Morgan fingerprint density at radius 1 is 1.22 bits per heavy atom. The molecule has 0 radical (unpaired) electrons. The van der Waals surface area contributed by atoms with E-state index in [0.717, 1.165) is 6.54 Å². The van der Waals surface area contributed by atoms with Crippen LogP contribution in [0.3, 0.4) is 0 Å². The number of carbonyl (C=O) groups is 1. The first-order valence-corrected chi connectivity index (χ1v) is 6.10. The van der Waals surface area contributed by atoms with Crippen molar-refractivity contribution in [2.75, 3.05) is 27.3 Å². The molecule has 0 fully saturated rings. The molecule has 1 aromatic rings. The van der Waals surface area contributed by atoms with E-state index in [-0.39, 0.29) is 11.7 Å². The van der Waals surface area contributed by atoms with E-state index in [4.69, 9.17) is 9.47 Å². The molecule has 0 aromatic heterocycles. The van der Waals surface area contributed by atoms with Crippen LogP contribution in [-0.2, 0) is 0 Å². The lowest BCUT2D eigenvalue weighted by Crippen LogP contribution is -2.26. The van der Waals surface area contributed by atoms with Crippen molar-refractivity contribution in [3.8, 4) is 11.5 Å². The summed E-state index contributed by atoms with van der Waals surface area (Å²) in [6.45, 7) is 5.47. The number of hydrogen-bond acceptors (Lipinski definition) is 4. The number of carbonyl (C=O) groups excluding carboxylic acids is 1. The average Bonchev–Trinajstić information content (AvgIpc) is 2.43. The third kappa shape index (κ3) is 3.74. The van der Waals surface area contributed by atoms with E-state index in [2.05, 4.69) is 5.32 Å². The zero-order valence-electron chi connectivity index (χ0n) is 11.4. The molecule has 0 aliphatic carbocycles.